The van der Waals surface area contributed by atoms with Crippen molar-refractivity contribution in [2.45, 2.75) is 0 Å². The quantitative estimate of drug-likeness (QED) is 0.860. The molecule has 3 rings (SSSR count). The third-order valence-corrected chi connectivity index (χ3v) is 3.90. The Morgan fingerprint density at radius 1 is 0.952 bits per heavy atom. The molecule has 0 bridgehead atoms. The molecule has 2 amide bonds. The first-order valence-corrected chi connectivity index (χ1v) is 7.09. The summed E-state index contributed by atoms with van der Waals surface area (Å²) in [6.07, 6.45) is 1.53. The van der Waals surface area contributed by atoms with E-state index in [9.17, 15) is 14.7 Å². The molecule has 0 atom stereocenters. The molecule has 1 aliphatic heterocycles. The first kappa shape index (κ1) is 13.5. The van der Waals surface area contributed by atoms with Crippen molar-refractivity contribution in [2.24, 2.45) is 0 Å². The lowest BCUT2D eigenvalue weighted by atomic mass is 10.2. The number of aromatic hydroxyl groups is 1. The molecule has 1 saturated heterocycles. The molecule has 0 aliphatic carbocycles. The van der Waals surface area contributed by atoms with Crippen LogP contribution in [-0.4, -0.2) is 16.3 Å². The van der Waals surface area contributed by atoms with Gasteiger partial charge in [-0.3, -0.25) is 9.59 Å². The van der Waals surface area contributed by atoms with Crippen molar-refractivity contribution in [1.29, 1.82) is 0 Å². The van der Waals surface area contributed by atoms with E-state index in [1.165, 1.54) is 12.1 Å². The van der Waals surface area contributed by atoms with Crippen LogP contribution in [0.3, 0.4) is 0 Å². The first-order chi connectivity index (χ1) is 10.2. The second-order valence-electron chi connectivity index (χ2n) is 4.41. The standard InChI is InChI=1S/C16H11NO3S/c18-13-9-5-4-6-11(13)10-14-15(19)17(16(20)21-14)12-7-2-1-3-8-12/h1-10,18H. The SMILES string of the molecule is O=C1SC(=Cc2ccccc2O)C(=O)N1c1ccccc1. The monoisotopic (exact) mass is 297 g/mol. The number of nitrogens with zero attached hydrogens (tertiary/aromatic N) is 1. The van der Waals surface area contributed by atoms with Gasteiger partial charge in [0.05, 0.1) is 10.6 Å². The van der Waals surface area contributed by atoms with Crippen LogP contribution in [0, 0.1) is 0 Å². The van der Waals surface area contributed by atoms with Crippen LogP contribution in [0.15, 0.2) is 59.5 Å². The average molecular weight is 297 g/mol. The number of carbonyl (C=O) groups is 2. The smallest absolute Gasteiger partial charge is 0.298 e. The third kappa shape index (κ3) is 2.55. The van der Waals surface area contributed by atoms with Crippen LogP contribution in [0.25, 0.3) is 6.08 Å². The van der Waals surface area contributed by atoms with Gasteiger partial charge in [0.2, 0.25) is 0 Å². The van der Waals surface area contributed by atoms with Crippen LogP contribution in [0.4, 0.5) is 10.5 Å². The number of thioether (sulfide) groups is 1. The molecule has 1 fully saturated rings. The molecular formula is C16H11NO3S. The Labute approximate surface area is 125 Å². The summed E-state index contributed by atoms with van der Waals surface area (Å²) in [4.78, 5) is 25.8. The van der Waals surface area contributed by atoms with Crippen LogP contribution in [0.5, 0.6) is 5.75 Å². The van der Waals surface area contributed by atoms with Crippen LogP contribution in [0.1, 0.15) is 5.56 Å². The van der Waals surface area contributed by atoms with Crippen LogP contribution in [0.2, 0.25) is 0 Å². The lowest BCUT2D eigenvalue weighted by Gasteiger charge is -2.11. The topological polar surface area (TPSA) is 57.6 Å². The maximum Gasteiger partial charge on any atom is 0.298 e. The summed E-state index contributed by atoms with van der Waals surface area (Å²) in [5.41, 5.74) is 1.05. The zero-order valence-electron chi connectivity index (χ0n) is 10.9. The highest BCUT2D eigenvalue weighted by atomic mass is 32.2. The summed E-state index contributed by atoms with van der Waals surface area (Å²) >= 11 is 0.868. The van der Waals surface area contributed by atoms with Crippen molar-refractivity contribution >= 4 is 34.7 Å². The first-order valence-electron chi connectivity index (χ1n) is 6.28. The molecule has 0 aromatic heterocycles. The number of para-hydroxylation sites is 2. The van der Waals surface area contributed by atoms with E-state index in [-0.39, 0.29) is 16.9 Å². The van der Waals surface area contributed by atoms with Gasteiger partial charge < -0.3 is 5.11 Å². The van der Waals surface area contributed by atoms with Gasteiger partial charge in [-0.2, -0.15) is 0 Å². The average Bonchev–Trinajstić information content (AvgIpc) is 2.77. The number of rotatable bonds is 2. The molecule has 21 heavy (non-hydrogen) atoms. The van der Waals surface area contributed by atoms with Crippen molar-refractivity contribution in [3.05, 3.63) is 65.1 Å². The molecule has 1 aliphatic rings. The van der Waals surface area contributed by atoms with Crippen molar-refractivity contribution < 1.29 is 14.7 Å². The minimum Gasteiger partial charge on any atom is -0.507 e. The maximum atomic E-state index is 12.4. The number of phenolic OH excluding ortho intramolecular Hbond substituents is 1. The zero-order valence-corrected chi connectivity index (χ0v) is 11.7. The predicted molar refractivity (Wildman–Crippen MR) is 83.0 cm³/mol. The van der Waals surface area contributed by atoms with E-state index in [4.69, 9.17) is 0 Å². The molecule has 1 heterocycles. The Balaban J connectivity index is 1.96. The van der Waals surface area contributed by atoms with E-state index >= 15 is 0 Å². The van der Waals surface area contributed by atoms with Crippen LogP contribution < -0.4 is 4.90 Å². The fourth-order valence-corrected chi connectivity index (χ4v) is 2.85. The van der Waals surface area contributed by atoms with E-state index in [2.05, 4.69) is 0 Å². The summed E-state index contributed by atoms with van der Waals surface area (Å²) in [5.74, 6) is -0.302. The molecule has 1 N–H and O–H groups in total. The minimum absolute atomic E-state index is 0.0732. The van der Waals surface area contributed by atoms with E-state index in [0.717, 1.165) is 16.7 Å². The van der Waals surface area contributed by atoms with Gasteiger partial charge in [0, 0.05) is 5.56 Å². The molecule has 5 heteroatoms. The minimum atomic E-state index is -0.376. The molecule has 4 nitrogen and oxygen atoms in total. The predicted octanol–water partition coefficient (Wildman–Crippen LogP) is 3.63. The van der Waals surface area contributed by atoms with E-state index in [0.29, 0.717) is 16.2 Å². The zero-order chi connectivity index (χ0) is 14.8. The molecule has 2 aromatic rings. The highest BCUT2D eigenvalue weighted by Gasteiger charge is 2.36. The van der Waals surface area contributed by atoms with Crippen LogP contribution in [-0.2, 0) is 4.79 Å². The molecule has 2 aromatic carbocycles. The van der Waals surface area contributed by atoms with Crippen molar-refractivity contribution in [3.8, 4) is 5.75 Å². The van der Waals surface area contributed by atoms with Gasteiger partial charge in [0.25, 0.3) is 11.1 Å². The highest BCUT2D eigenvalue weighted by Crippen LogP contribution is 2.36. The van der Waals surface area contributed by atoms with Gasteiger partial charge in [-0.05, 0) is 36.0 Å². The molecule has 104 valence electrons. The van der Waals surface area contributed by atoms with Crippen LogP contribution >= 0.6 is 11.8 Å². The fourth-order valence-electron chi connectivity index (χ4n) is 2.02. The van der Waals surface area contributed by atoms with Gasteiger partial charge in [-0.15, -0.1) is 0 Å². The Morgan fingerprint density at radius 2 is 1.62 bits per heavy atom. The summed E-state index contributed by atoms with van der Waals surface area (Å²) in [5, 5.41) is 9.40. The van der Waals surface area contributed by atoms with Crippen molar-refractivity contribution in [3.63, 3.8) is 0 Å². The second kappa shape index (κ2) is 5.46. The number of imide groups is 1. The lowest BCUT2D eigenvalue weighted by Crippen LogP contribution is -2.27. The largest absolute Gasteiger partial charge is 0.507 e. The number of carbonyl (C=O) groups excluding carboxylic acids is 2. The van der Waals surface area contributed by atoms with E-state index in [1.807, 2.05) is 6.07 Å². The summed E-state index contributed by atoms with van der Waals surface area (Å²) in [6.45, 7) is 0. The molecule has 0 spiro atoms. The number of anilines is 1. The Morgan fingerprint density at radius 3 is 2.33 bits per heavy atom. The number of hydrogen-bond acceptors (Lipinski definition) is 4. The normalized spacial score (nSPS) is 16.8. The summed E-state index contributed by atoms with van der Waals surface area (Å²) in [6, 6.07) is 15.4. The van der Waals surface area contributed by atoms with Gasteiger partial charge >= 0.3 is 0 Å². The summed E-state index contributed by atoms with van der Waals surface area (Å²) < 4.78 is 0. The number of hydrogen-bond donors (Lipinski definition) is 1. The van der Waals surface area contributed by atoms with E-state index < -0.39 is 0 Å². The van der Waals surface area contributed by atoms with Gasteiger partial charge in [0.1, 0.15) is 5.75 Å². The van der Waals surface area contributed by atoms with Gasteiger partial charge in [-0.1, -0.05) is 36.4 Å². The summed E-state index contributed by atoms with van der Waals surface area (Å²) in [7, 11) is 0. The van der Waals surface area contributed by atoms with E-state index in [1.54, 1.807) is 42.5 Å². The number of phenols is 1. The van der Waals surface area contributed by atoms with Crippen molar-refractivity contribution in [2.75, 3.05) is 4.90 Å². The number of benzene rings is 2. The lowest BCUT2D eigenvalue weighted by molar-refractivity contribution is -0.113. The third-order valence-electron chi connectivity index (χ3n) is 3.03. The molecular weight excluding hydrogens is 286 g/mol. The van der Waals surface area contributed by atoms with Gasteiger partial charge in [-0.25, -0.2) is 4.90 Å². The number of amides is 2. The fraction of sp³-hybridized carbons (Fsp3) is 0. The van der Waals surface area contributed by atoms with Crippen molar-refractivity contribution in [1.82, 2.24) is 0 Å². The molecule has 0 unspecified atom stereocenters. The maximum absolute atomic E-state index is 12.4. The highest BCUT2D eigenvalue weighted by molar-refractivity contribution is 8.19. The molecule has 0 radical (unpaired) electrons. The molecule has 0 saturated carbocycles. The Bertz CT molecular complexity index is 740. The Hall–Kier alpha value is -2.53. The van der Waals surface area contributed by atoms with Gasteiger partial charge in [0.15, 0.2) is 0 Å². The second-order valence-corrected chi connectivity index (χ2v) is 5.40. The Kier molecular flexibility index (Phi) is 3.50.